The molecular formula is C13H20N2O2S. The lowest BCUT2D eigenvalue weighted by Crippen LogP contribution is -2.21. The largest absolute Gasteiger partial charge is 0.398 e. The molecule has 1 atom stereocenters. The van der Waals surface area contributed by atoms with Gasteiger partial charge in [-0.1, -0.05) is 6.92 Å². The molecule has 3 N–H and O–H groups in total. The van der Waals surface area contributed by atoms with Crippen molar-refractivity contribution < 1.29 is 9.90 Å². The molecule has 1 aromatic rings. The van der Waals surface area contributed by atoms with Crippen molar-refractivity contribution >= 4 is 23.4 Å². The predicted molar refractivity (Wildman–Crippen MR) is 75.9 cm³/mol. The second-order valence-electron chi connectivity index (χ2n) is 4.39. The molecule has 18 heavy (non-hydrogen) atoms. The minimum Gasteiger partial charge on any atom is -0.398 e. The second-order valence-corrected chi connectivity index (χ2v) is 5.87. The van der Waals surface area contributed by atoms with Crippen molar-refractivity contribution in [3.8, 4) is 0 Å². The maximum absolute atomic E-state index is 11.8. The van der Waals surface area contributed by atoms with Crippen molar-refractivity contribution in [1.29, 1.82) is 0 Å². The molecule has 0 radical (unpaired) electrons. The number of rotatable bonds is 5. The van der Waals surface area contributed by atoms with E-state index in [-0.39, 0.29) is 12.5 Å². The van der Waals surface area contributed by atoms with Crippen molar-refractivity contribution in [2.24, 2.45) is 0 Å². The lowest BCUT2D eigenvalue weighted by Gasteiger charge is -2.14. The van der Waals surface area contributed by atoms with Crippen LogP contribution in [0.25, 0.3) is 0 Å². The number of aliphatic hydroxyl groups is 1. The van der Waals surface area contributed by atoms with Crippen molar-refractivity contribution in [2.75, 3.05) is 26.4 Å². The molecule has 5 heteroatoms. The smallest absolute Gasteiger partial charge is 0.253 e. The molecule has 1 aromatic carbocycles. The van der Waals surface area contributed by atoms with Crippen LogP contribution in [0.3, 0.4) is 0 Å². The van der Waals surface area contributed by atoms with Gasteiger partial charge in [0, 0.05) is 42.1 Å². The Hall–Kier alpha value is -1.20. The number of carbonyl (C=O) groups is 1. The molecule has 100 valence electrons. The first-order valence-electron chi connectivity index (χ1n) is 5.84. The highest BCUT2D eigenvalue weighted by atomic mass is 32.2. The minimum atomic E-state index is -0.0540. The van der Waals surface area contributed by atoms with E-state index in [9.17, 15) is 4.79 Å². The highest BCUT2D eigenvalue weighted by molar-refractivity contribution is 8.00. The van der Waals surface area contributed by atoms with E-state index in [1.165, 1.54) is 4.90 Å². The van der Waals surface area contributed by atoms with Gasteiger partial charge in [-0.3, -0.25) is 4.79 Å². The van der Waals surface area contributed by atoms with Crippen LogP contribution in [0, 0.1) is 0 Å². The Kier molecular flexibility index (Phi) is 5.50. The van der Waals surface area contributed by atoms with E-state index in [0.717, 1.165) is 11.3 Å². The number of nitrogens with two attached hydrogens (primary N) is 1. The Bertz CT molecular complexity index is 421. The van der Waals surface area contributed by atoms with Crippen LogP contribution in [0.4, 0.5) is 5.69 Å². The number of hydrogen-bond acceptors (Lipinski definition) is 4. The molecule has 0 heterocycles. The Morgan fingerprint density at radius 2 is 2.17 bits per heavy atom. The number of amides is 1. The summed E-state index contributed by atoms with van der Waals surface area (Å²) in [4.78, 5) is 14.2. The van der Waals surface area contributed by atoms with Crippen LogP contribution >= 0.6 is 11.8 Å². The van der Waals surface area contributed by atoms with Crippen LogP contribution in [0.5, 0.6) is 0 Å². The fourth-order valence-electron chi connectivity index (χ4n) is 1.50. The number of carbonyl (C=O) groups excluding carboxylic acids is 1. The summed E-state index contributed by atoms with van der Waals surface area (Å²) < 4.78 is 0. The molecule has 0 spiro atoms. The van der Waals surface area contributed by atoms with E-state index >= 15 is 0 Å². The van der Waals surface area contributed by atoms with Crippen LogP contribution in [-0.4, -0.2) is 41.9 Å². The molecule has 0 saturated heterocycles. The summed E-state index contributed by atoms with van der Waals surface area (Å²) in [5, 5.41) is 9.17. The van der Waals surface area contributed by atoms with E-state index < -0.39 is 0 Å². The minimum absolute atomic E-state index is 0.0540. The zero-order valence-electron chi connectivity index (χ0n) is 11.0. The first-order chi connectivity index (χ1) is 8.45. The average Bonchev–Trinajstić information content (AvgIpc) is 2.31. The van der Waals surface area contributed by atoms with Gasteiger partial charge in [-0.25, -0.2) is 0 Å². The van der Waals surface area contributed by atoms with Gasteiger partial charge in [0.25, 0.3) is 5.91 Å². The molecule has 1 amide bonds. The van der Waals surface area contributed by atoms with Gasteiger partial charge in [0.2, 0.25) is 0 Å². The lowest BCUT2D eigenvalue weighted by molar-refractivity contribution is 0.0827. The number of aliphatic hydroxyl groups excluding tert-OH is 1. The Balaban J connectivity index is 2.83. The number of nitrogen functional groups attached to an aromatic ring is 1. The molecule has 0 aliphatic rings. The van der Waals surface area contributed by atoms with Crippen molar-refractivity contribution in [2.45, 2.75) is 23.5 Å². The maximum Gasteiger partial charge on any atom is 0.253 e. The molecule has 1 unspecified atom stereocenters. The third-order valence-corrected chi connectivity index (χ3v) is 3.79. The van der Waals surface area contributed by atoms with E-state index in [1.807, 2.05) is 13.0 Å². The van der Waals surface area contributed by atoms with E-state index in [1.54, 1.807) is 38.0 Å². The molecule has 0 bridgehead atoms. The fraction of sp³-hybridized carbons (Fsp3) is 0.462. The van der Waals surface area contributed by atoms with E-state index in [2.05, 4.69) is 0 Å². The van der Waals surface area contributed by atoms with Crippen molar-refractivity contribution in [3.63, 3.8) is 0 Å². The maximum atomic E-state index is 11.8. The summed E-state index contributed by atoms with van der Waals surface area (Å²) in [6, 6.07) is 5.35. The normalized spacial score (nSPS) is 12.2. The summed E-state index contributed by atoms with van der Waals surface area (Å²) in [5.41, 5.74) is 7.15. The molecule has 0 aliphatic heterocycles. The van der Waals surface area contributed by atoms with Gasteiger partial charge in [0.1, 0.15) is 0 Å². The Morgan fingerprint density at radius 1 is 1.50 bits per heavy atom. The monoisotopic (exact) mass is 268 g/mol. The number of benzene rings is 1. The van der Waals surface area contributed by atoms with Crippen LogP contribution in [0.15, 0.2) is 23.1 Å². The second kappa shape index (κ2) is 6.66. The predicted octanol–water partition coefficient (Wildman–Crippen LogP) is 1.83. The summed E-state index contributed by atoms with van der Waals surface area (Å²) in [5.74, 6) is -0.0540. The van der Waals surface area contributed by atoms with Crippen molar-refractivity contribution in [1.82, 2.24) is 4.90 Å². The lowest BCUT2D eigenvalue weighted by atomic mass is 10.2. The van der Waals surface area contributed by atoms with Gasteiger partial charge in [0.15, 0.2) is 0 Å². The van der Waals surface area contributed by atoms with Gasteiger partial charge in [-0.05, 0) is 24.6 Å². The summed E-state index contributed by atoms with van der Waals surface area (Å²) in [6.45, 7) is 2.21. The quantitative estimate of drug-likeness (QED) is 0.631. The van der Waals surface area contributed by atoms with Gasteiger partial charge < -0.3 is 15.7 Å². The zero-order valence-corrected chi connectivity index (χ0v) is 11.8. The SMILES string of the molecule is CC(CCO)Sc1ccc(C(=O)N(C)C)cc1N. The van der Waals surface area contributed by atoms with Gasteiger partial charge in [-0.15, -0.1) is 11.8 Å². The third kappa shape index (κ3) is 3.92. The fourth-order valence-corrected chi connectivity index (χ4v) is 2.50. The molecule has 0 fully saturated rings. The topological polar surface area (TPSA) is 66.6 Å². The molecule has 0 saturated carbocycles. The number of nitrogens with zero attached hydrogens (tertiary/aromatic N) is 1. The number of hydrogen-bond donors (Lipinski definition) is 2. The molecule has 1 rings (SSSR count). The van der Waals surface area contributed by atoms with Crippen molar-refractivity contribution in [3.05, 3.63) is 23.8 Å². The first-order valence-corrected chi connectivity index (χ1v) is 6.72. The third-order valence-electron chi connectivity index (χ3n) is 2.53. The van der Waals surface area contributed by atoms with Crippen LogP contribution in [0.1, 0.15) is 23.7 Å². The van der Waals surface area contributed by atoms with Gasteiger partial charge in [-0.2, -0.15) is 0 Å². The summed E-state index contributed by atoms with van der Waals surface area (Å²) in [6.07, 6.45) is 0.725. The molecular weight excluding hydrogens is 248 g/mol. The van der Waals surface area contributed by atoms with E-state index in [0.29, 0.717) is 16.5 Å². The van der Waals surface area contributed by atoms with Gasteiger partial charge in [0.05, 0.1) is 0 Å². The van der Waals surface area contributed by atoms with Crippen LogP contribution < -0.4 is 5.73 Å². The standard InChI is InChI=1S/C13H20N2O2S/c1-9(6-7-16)18-12-5-4-10(8-11(12)14)13(17)15(2)3/h4-5,8-9,16H,6-7,14H2,1-3H3. The van der Waals surface area contributed by atoms with E-state index in [4.69, 9.17) is 10.8 Å². The zero-order chi connectivity index (χ0) is 13.7. The number of anilines is 1. The number of thioether (sulfide) groups is 1. The molecule has 0 aliphatic carbocycles. The van der Waals surface area contributed by atoms with Crippen LogP contribution in [0.2, 0.25) is 0 Å². The Morgan fingerprint density at radius 3 is 2.67 bits per heavy atom. The average molecular weight is 268 g/mol. The summed E-state index contributed by atoms with van der Waals surface area (Å²) >= 11 is 1.61. The summed E-state index contributed by atoms with van der Waals surface area (Å²) in [7, 11) is 3.43. The Labute approximate surface area is 112 Å². The van der Waals surface area contributed by atoms with Gasteiger partial charge >= 0.3 is 0 Å². The van der Waals surface area contributed by atoms with Crippen LogP contribution in [-0.2, 0) is 0 Å². The molecule has 0 aromatic heterocycles. The molecule has 4 nitrogen and oxygen atoms in total. The highest BCUT2D eigenvalue weighted by Crippen LogP contribution is 2.30. The highest BCUT2D eigenvalue weighted by Gasteiger charge is 2.12. The first kappa shape index (κ1) is 14.9.